The molecule has 0 N–H and O–H groups in total. The van der Waals surface area contributed by atoms with Gasteiger partial charge in [0.15, 0.2) is 0 Å². The van der Waals surface area contributed by atoms with Gasteiger partial charge in [-0.2, -0.15) is 12.6 Å². The maximum atomic E-state index is 4.20. The quantitative estimate of drug-likeness (QED) is 0.588. The number of aryl methyl sites for hydroxylation is 2. The standard InChI is InChI=1S/C9H12S/c1-7-3-8(2)5-9(4-7)6-10/h3-5,10H,6H2,1-2H3. The fraction of sp³-hybridized carbons (Fsp3) is 0.333. The Morgan fingerprint density at radius 3 is 2.00 bits per heavy atom. The third-order valence-corrected chi connectivity index (χ3v) is 1.83. The van der Waals surface area contributed by atoms with Crippen LogP contribution in [0.5, 0.6) is 0 Å². The minimum atomic E-state index is 0.836. The molecule has 0 spiro atoms. The molecule has 0 unspecified atom stereocenters. The lowest BCUT2D eigenvalue weighted by Crippen LogP contribution is -1.82. The van der Waals surface area contributed by atoms with E-state index >= 15 is 0 Å². The average Bonchev–Trinajstić information content (AvgIpc) is 1.85. The number of hydrogen-bond acceptors (Lipinski definition) is 1. The first kappa shape index (κ1) is 7.67. The number of thiol groups is 1. The van der Waals surface area contributed by atoms with E-state index in [2.05, 4.69) is 44.7 Å². The van der Waals surface area contributed by atoms with Crippen molar-refractivity contribution in [2.75, 3.05) is 0 Å². The van der Waals surface area contributed by atoms with E-state index in [1.54, 1.807) is 0 Å². The van der Waals surface area contributed by atoms with Crippen molar-refractivity contribution in [2.45, 2.75) is 19.6 Å². The Kier molecular flexibility index (Phi) is 2.39. The summed E-state index contributed by atoms with van der Waals surface area (Å²) < 4.78 is 0. The molecule has 0 aliphatic carbocycles. The lowest BCUT2D eigenvalue weighted by molar-refractivity contribution is 1.31. The Bertz CT molecular complexity index is 208. The summed E-state index contributed by atoms with van der Waals surface area (Å²) in [5.41, 5.74) is 3.95. The van der Waals surface area contributed by atoms with Gasteiger partial charge in [0.25, 0.3) is 0 Å². The molecule has 0 bridgehead atoms. The van der Waals surface area contributed by atoms with Crippen molar-refractivity contribution in [1.29, 1.82) is 0 Å². The highest BCUT2D eigenvalue weighted by molar-refractivity contribution is 7.79. The van der Waals surface area contributed by atoms with Gasteiger partial charge in [0.1, 0.15) is 0 Å². The second-order valence-corrected chi connectivity index (χ2v) is 2.97. The van der Waals surface area contributed by atoms with Crippen LogP contribution in [0.25, 0.3) is 0 Å². The van der Waals surface area contributed by atoms with Crippen LogP contribution in [-0.4, -0.2) is 0 Å². The summed E-state index contributed by atoms with van der Waals surface area (Å²) in [4.78, 5) is 0. The fourth-order valence-electron chi connectivity index (χ4n) is 1.16. The van der Waals surface area contributed by atoms with Gasteiger partial charge in [-0.25, -0.2) is 0 Å². The van der Waals surface area contributed by atoms with E-state index in [1.165, 1.54) is 16.7 Å². The third kappa shape index (κ3) is 1.77. The van der Waals surface area contributed by atoms with Crippen LogP contribution in [0.15, 0.2) is 18.2 Å². The number of rotatable bonds is 1. The van der Waals surface area contributed by atoms with E-state index < -0.39 is 0 Å². The second-order valence-electron chi connectivity index (χ2n) is 2.65. The first-order valence-electron chi connectivity index (χ1n) is 3.40. The zero-order valence-electron chi connectivity index (χ0n) is 6.39. The SMILES string of the molecule is Cc1cc(C)cc(CS)c1. The van der Waals surface area contributed by atoms with Crippen molar-refractivity contribution >= 4 is 12.6 Å². The predicted molar refractivity (Wildman–Crippen MR) is 48.6 cm³/mol. The van der Waals surface area contributed by atoms with Crippen molar-refractivity contribution in [2.24, 2.45) is 0 Å². The number of hydrogen-bond donors (Lipinski definition) is 1. The second kappa shape index (κ2) is 3.11. The normalized spacial score (nSPS) is 9.90. The predicted octanol–water partition coefficient (Wildman–Crippen LogP) is 2.73. The number of benzene rings is 1. The minimum Gasteiger partial charge on any atom is -0.175 e. The van der Waals surface area contributed by atoms with Gasteiger partial charge in [-0.05, 0) is 19.4 Å². The van der Waals surface area contributed by atoms with Gasteiger partial charge in [-0.15, -0.1) is 0 Å². The summed E-state index contributed by atoms with van der Waals surface area (Å²) in [7, 11) is 0. The molecule has 0 heterocycles. The monoisotopic (exact) mass is 152 g/mol. The topological polar surface area (TPSA) is 0 Å². The van der Waals surface area contributed by atoms with Crippen molar-refractivity contribution in [3.05, 3.63) is 34.9 Å². The van der Waals surface area contributed by atoms with E-state index in [4.69, 9.17) is 0 Å². The van der Waals surface area contributed by atoms with Crippen LogP contribution in [-0.2, 0) is 5.75 Å². The van der Waals surface area contributed by atoms with E-state index in [-0.39, 0.29) is 0 Å². The summed E-state index contributed by atoms with van der Waals surface area (Å²) in [6, 6.07) is 6.51. The maximum absolute atomic E-state index is 4.20. The highest BCUT2D eigenvalue weighted by atomic mass is 32.1. The third-order valence-electron chi connectivity index (χ3n) is 1.46. The van der Waals surface area contributed by atoms with Crippen LogP contribution < -0.4 is 0 Å². The largest absolute Gasteiger partial charge is 0.175 e. The molecule has 0 aromatic heterocycles. The van der Waals surface area contributed by atoms with Crippen molar-refractivity contribution in [3.63, 3.8) is 0 Å². The van der Waals surface area contributed by atoms with Crippen LogP contribution in [0.2, 0.25) is 0 Å². The molecule has 0 saturated heterocycles. The molecule has 0 saturated carbocycles. The fourth-order valence-corrected chi connectivity index (χ4v) is 1.34. The molecule has 1 aromatic rings. The Hall–Kier alpha value is -0.430. The summed E-state index contributed by atoms with van der Waals surface area (Å²) in [6.45, 7) is 4.22. The summed E-state index contributed by atoms with van der Waals surface area (Å²) in [5.74, 6) is 0.836. The molecule has 54 valence electrons. The molecule has 1 aromatic carbocycles. The molecule has 1 rings (SSSR count). The molecule has 10 heavy (non-hydrogen) atoms. The van der Waals surface area contributed by atoms with Gasteiger partial charge < -0.3 is 0 Å². The van der Waals surface area contributed by atoms with Gasteiger partial charge >= 0.3 is 0 Å². The van der Waals surface area contributed by atoms with Gasteiger partial charge in [-0.3, -0.25) is 0 Å². The van der Waals surface area contributed by atoms with Crippen molar-refractivity contribution in [3.8, 4) is 0 Å². The van der Waals surface area contributed by atoms with Crippen LogP contribution >= 0.6 is 12.6 Å². The highest BCUT2D eigenvalue weighted by Gasteiger charge is 1.91. The van der Waals surface area contributed by atoms with Gasteiger partial charge in [0.05, 0.1) is 0 Å². The highest BCUT2D eigenvalue weighted by Crippen LogP contribution is 2.09. The minimum absolute atomic E-state index is 0.836. The maximum Gasteiger partial charge on any atom is 0.0154 e. The van der Waals surface area contributed by atoms with Crippen LogP contribution in [0.3, 0.4) is 0 Å². The average molecular weight is 152 g/mol. The first-order valence-corrected chi connectivity index (χ1v) is 4.03. The van der Waals surface area contributed by atoms with E-state index in [9.17, 15) is 0 Å². The molecule has 0 aliphatic rings. The molecule has 0 fully saturated rings. The first-order chi connectivity index (χ1) is 4.72. The molecular weight excluding hydrogens is 140 g/mol. The Balaban J connectivity index is 3.06. The van der Waals surface area contributed by atoms with E-state index in [0.29, 0.717) is 0 Å². The lowest BCUT2D eigenvalue weighted by Gasteiger charge is -1.99. The molecule has 0 radical (unpaired) electrons. The van der Waals surface area contributed by atoms with Crippen LogP contribution in [0, 0.1) is 13.8 Å². The van der Waals surface area contributed by atoms with E-state index in [0.717, 1.165) is 5.75 Å². The smallest absolute Gasteiger partial charge is 0.0154 e. The zero-order valence-corrected chi connectivity index (χ0v) is 7.28. The molecule has 0 atom stereocenters. The Labute approximate surface area is 67.7 Å². The Morgan fingerprint density at radius 2 is 1.60 bits per heavy atom. The van der Waals surface area contributed by atoms with Gasteiger partial charge in [-0.1, -0.05) is 29.3 Å². The van der Waals surface area contributed by atoms with Crippen LogP contribution in [0.1, 0.15) is 16.7 Å². The van der Waals surface area contributed by atoms with Crippen LogP contribution in [0.4, 0.5) is 0 Å². The molecule has 0 amide bonds. The molecule has 0 aliphatic heterocycles. The summed E-state index contributed by atoms with van der Waals surface area (Å²) in [6.07, 6.45) is 0. The zero-order chi connectivity index (χ0) is 7.56. The lowest BCUT2D eigenvalue weighted by atomic mass is 10.1. The van der Waals surface area contributed by atoms with Gasteiger partial charge in [0, 0.05) is 5.75 Å². The summed E-state index contributed by atoms with van der Waals surface area (Å²) in [5, 5.41) is 0. The Morgan fingerprint density at radius 1 is 1.10 bits per heavy atom. The summed E-state index contributed by atoms with van der Waals surface area (Å²) >= 11 is 4.20. The molecule has 0 nitrogen and oxygen atoms in total. The van der Waals surface area contributed by atoms with Crippen molar-refractivity contribution in [1.82, 2.24) is 0 Å². The van der Waals surface area contributed by atoms with Crippen molar-refractivity contribution < 1.29 is 0 Å². The molecular formula is C9H12S. The van der Waals surface area contributed by atoms with E-state index in [1.807, 2.05) is 0 Å². The van der Waals surface area contributed by atoms with Gasteiger partial charge in [0.2, 0.25) is 0 Å². The molecule has 1 heteroatoms.